The van der Waals surface area contributed by atoms with Crippen molar-refractivity contribution >= 4 is 29.2 Å². The van der Waals surface area contributed by atoms with Gasteiger partial charge in [0.1, 0.15) is 11.9 Å². The van der Waals surface area contributed by atoms with Crippen LogP contribution < -0.4 is 20.3 Å². The number of nitriles is 1. The van der Waals surface area contributed by atoms with Gasteiger partial charge in [0.15, 0.2) is 0 Å². The molecule has 46 heavy (non-hydrogen) atoms. The molecular weight excluding hydrogens is 580 g/mol. The van der Waals surface area contributed by atoms with Gasteiger partial charge in [0.2, 0.25) is 11.8 Å². The minimum Gasteiger partial charge on any atom is -0.481 e. The number of amides is 2. The lowest BCUT2D eigenvalue weighted by molar-refractivity contribution is 0.248. The molecule has 0 fully saturated rings. The molecule has 226 valence electrons. The van der Waals surface area contributed by atoms with Gasteiger partial charge in [0, 0.05) is 49.0 Å². The van der Waals surface area contributed by atoms with Crippen LogP contribution >= 0.6 is 0 Å². The first-order chi connectivity index (χ1) is 22.5. The fraction of sp³-hybridized carbons (Fsp3) is 0.0882. The van der Waals surface area contributed by atoms with Crippen molar-refractivity contribution in [3.05, 3.63) is 121 Å². The number of ether oxygens (including phenoxy) is 1. The lowest BCUT2D eigenvalue weighted by Gasteiger charge is -2.23. The molecule has 12 nitrogen and oxygen atoms in total. The van der Waals surface area contributed by atoms with Crippen LogP contribution in [0.4, 0.5) is 27.9 Å². The highest BCUT2D eigenvalue weighted by atomic mass is 16.5. The Labute approximate surface area is 265 Å². The molecule has 6 rings (SSSR count). The van der Waals surface area contributed by atoms with Gasteiger partial charge < -0.3 is 15.4 Å². The first-order valence-corrected chi connectivity index (χ1v) is 14.2. The molecule has 0 saturated carbocycles. The Bertz CT molecular complexity index is 2000. The number of benzene rings is 2. The molecule has 0 spiro atoms. The smallest absolute Gasteiger partial charge is 0.327 e. The Morgan fingerprint density at radius 2 is 1.76 bits per heavy atom. The third kappa shape index (κ3) is 6.48. The fourth-order valence-corrected chi connectivity index (χ4v) is 4.75. The van der Waals surface area contributed by atoms with E-state index in [9.17, 15) is 10.1 Å². The van der Waals surface area contributed by atoms with Crippen LogP contribution in [0.15, 0.2) is 110 Å². The van der Waals surface area contributed by atoms with Crippen molar-refractivity contribution in [1.29, 1.82) is 5.26 Å². The molecule has 2 N–H and O–H groups in total. The molecule has 4 aromatic heterocycles. The molecule has 0 saturated heterocycles. The average molecular weight is 609 g/mol. The number of aryl methyl sites for hydroxylation is 1. The number of nitrogens with one attached hydrogen (secondary N) is 2. The number of carbonyl (C=O) groups excluding carboxylic acids is 1. The Morgan fingerprint density at radius 3 is 2.46 bits per heavy atom. The number of carbonyl (C=O) groups is 1. The van der Waals surface area contributed by atoms with Crippen LogP contribution in [-0.2, 0) is 13.6 Å². The maximum atomic E-state index is 13.6. The lowest BCUT2D eigenvalue weighted by Crippen LogP contribution is -2.37. The summed E-state index contributed by atoms with van der Waals surface area (Å²) in [6.45, 7) is 0.351. The molecule has 0 bridgehead atoms. The van der Waals surface area contributed by atoms with E-state index in [2.05, 4.69) is 41.7 Å². The summed E-state index contributed by atoms with van der Waals surface area (Å²) in [6, 6.07) is 25.9. The Hall–Kier alpha value is -6.61. The van der Waals surface area contributed by atoms with Gasteiger partial charge in [0.25, 0.3) is 0 Å². The first-order valence-electron chi connectivity index (χ1n) is 14.2. The molecule has 0 radical (unpaired) electrons. The molecule has 2 amide bonds. The van der Waals surface area contributed by atoms with Crippen molar-refractivity contribution in [3.8, 4) is 34.3 Å². The predicted octanol–water partition coefficient (Wildman–Crippen LogP) is 6.01. The number of aromatic nitrogens is 6. The number of rotatable bonds is 9. The number of hydrogen-bond acceptors (Lipinski definition) is 9. The van der Waals surface area contributed by atoms with Crippen molar-refractivity contribution in [3.63, 3.8) is 0 Å². The highest BCUT2D eigenvalue weighted by molar-refractivity contribution is 5.98. The van der Waals surface area contributed by atoms with E-state index in [4.69, 9.17) is 4.74 Å². The zero-order chi connectivity index (χ0) is 31.9. The second kappa shape index (κ2) is 13.4. The van der Waals surface area contributed by atoms with Gasteiger partial charge in [0.05, 0.1) is 42.0 Å². The van der Waals surface area contributed by atoms with Crippen LogP contribution in [0.2, 0.25) is 0 Å². The second-order valence-corrected chi connectivity index (χ2v) is 10.1. The molecule has 0 unspecified atom stereocenters. The van der Waals surface area contributed by atoms with E-state index in [-0.39, 0.29) is 17.5 Å². The van der Waals surface area contributed by atoms with E-state index >= 15 is 0 Å². The standard InChI is InChI=1S/C34H28N10O2/c1-43-22-26(21-40-43)24-10-15-30(37-19-24)44(34(45)39-18-23-7-4-3-5-8-23)28-13-11-27(12-14-28)41-33-38-20-25(17-35)31(42-33)29-9-6-16-36-32(29)46-2/h3-16,19-22H,18H2,1-2H3,(H,39,45)(H,38,41,42). The van der Waals surface area contributed by atoms with E-state index in [1.807, 2.05) is 61.8 Å². The Kier molecular flexibility index (Phi) is 8.55. The van der Waals surface area contributed by atoms with Gasteiger partial charge in [-0.05, 0) is 54.1 Å². The zero-order valence-corrected chi connectivity index (χ0v) is 25.0. The number of methoxy groups -OCH3 is 1. The van der Waals surface area contributed by atoms with Crippen LogP contribution in [0, 0.1) is 11.3 Å². The third-order valence-corrected chi connectivity index (χ3v) is 7.02. The van der Waals surface area contributed by atoms with E-state index in [0.29, 0.717) is 40.9 Å². The van der Waals surface area contributed by atoms with Crippen molar-refractivity contribution in [2.24, 2.45) is 7.05 Å². The van der Waals surface area contributed by atoms with Crippen molar-refractivity contribution in [1.82, 2.24) is 35.0 Å². The highest BCUT2D eigenvalue weighted by Crippen LogP contribution is 2.31. The largest absolute Gasteiger partial charge is 0.481 e. The summed E-state index contributed by atoms with van der Waals surface area (Å²) in [6.07, 6.45) is 8.44. The Morgan fingerprint density at radius 1 is 0.935 bits per heavy atom. The summed E-state index contributed by atoms with van der Waals surface area (Å²) in [5, 5.41) is 20.1. The number of anilines is 4. The van der Waals surface area contributed by atoms with Crippen molar-refractivity contribution in [2.45, 2.75) is 6.54 Å². The molecule has 4 heterocycles. The molecule has 0 aliphatic heterocycles. The van der Waals surface area contributed by atoms with E-state index in [0.717, 1.165) is 16.7 Å². The number of urea groups is 1. The predicted molar refractivity (Wildman–Crippen MR) is 174 cm³/mol. The quantitative estimate of drug-likeness (QED) is 0.202. The normalized spacial score (nSPS) is 10.5. The van der Waals surface area contributed by atoms with E-state index < -0.39 is 0 Å². The van der Waals surface area contributed by atoms with Crippen LogP contribution in [0.5, 0.6) is 5.88 Å². The van der Waals surface area contributed by atoms with Gasteiger partial charge in [-0.1, -0.05) is 30.3 Å². The highest BCUT2D eigenvalue weighted by Gasteiger charge is 2.20. The van der Waals surface area contributed by atoms with E-state index in [1.165, 1.54) is 18.2 Å². The van der Waals surface area contributed by atoms with Crippen LogP contribution in [0.25, 0.3) is 22.4 Å². The summed E-state index contributed by atoms with van der Waals surface area (Å²) >= 11 is 0. The monoisotopic (exact) mass is 608 g/mol. The molecule has 0 aliphatic carbocycles. The van der Waals surface area contributed by atoms with Crippen molar-refractivity contribution in [2.75, 3.05) is 17.3 Å². The summed E-state index contributed by atoms with van der Waals surface area (Å²) in [7, 11) is 3.36. The molecule has 6 aromatic rings. The molecule has 0 atom stereocenters. The average Bonchev–Trinajstić information content (AvgIpc) is 3.55. The minimum absolute atomic E-state index is 0.276. The summed E-state index contributed by atoms with van der Waals surface area (Å²) < 4.78 is 7.10. The molecular formula is C34H28N10O2. The van der Waals surface area contributed by atoms with Gasteiger partial charge in [-0.15, -0.1) is 0 Å². The third-order valence-electron chi connectivity index (χ3n) is 7.02. The second-order valence-electron chi connectivity index (χ2n) is 10.1. The zero-order valence-electron chi connectivity index (χ0n) is 25.0. The van der Waals surface area contributed by atoms with Gasteiger partial charge >= 0.3 is 6.03 Å². The van der Waals surface area contributed by atoms with Crippen LogP contribution in [0.3, 0.4) is 0 Å². The SMILES string of the molecule is COc1ncccc1-c1nc(Nc2ccc(N(C(=O)NCc3ccccc3)c3ccc(-c4cnn(C)c4)cn3)cc2)ncc1C#N. The molecule has 12 heteroatoms. The first kappa shape index (κ1) is 29.5. The maximum Gasteiger partial charge on any atom is 0.327 e. The summed E-state index contributed by atoms with van der Waals surface area (Å²) in [5.41, 5.74) is 5.29. The Balaban J connectivity index is 1.27. The summed E-state index contributed by atoms with van der Waals surface area (Å²) in [4.78, 5) is 32.9. The maximum absolute atomic E-state index is 13.6. The molecule has 2 aromatic carbocycles. The minimum atomic E-state index is -0.336. The fourth-order valence-electron chi connectivity index (χ4n) is 4.75. The number of nitrogens with zero attached hydrogens (tertiary/aromatic N) is 8. The molecule has 0 aliphatic rings. The van der Waals surface area contributed by atoms with Crippen molar-refractivity contribution < 1.29 is 9.53 Å². The van der Waals surface area contributed by atoms with Gasteiger partial charge in [-0.25, -0.2) is 29.6 Å². The van der Waals surface area contributed by atoms with E-state index in [1.54, 1.807) is 53.6 Å². The number of pyridine rings is 2. The lowest BCUT2D eigenvalue weighted by atomic mass is 10.1. The topological polar surface area (TPSA) is 147 Å². The van der Waals surface area contributed by atoms with Crippen LogP contribution in [0.1, 0.15) is 11.1 Å². The van der Waals surface area contributed by atoms with Gasteiger partial charge in [-0.3, -0.25) is 4.68 Å². The number of hydrogen-bond donors (Lipinski definition) is 2. The van der Waals surface area contributed by atoms with Crippen LogP contribution in [-0.4, -0.2) is 42.9 Å². The summed E-state index contributed by atoms with van der Waals surface area (Å²) in [5.74, 6) is 1.07. The van der Waals surface area contributed by atoms with Gasteiger partial charge in [-0.2, -0.15) is 10.4 Å².